The van der Waals surface area contributed by atoms with Gasteiger partial charge in [0.05, 0.1) is 0 Å². The highest BCUT2D eigenvalue weighted by atomic mass is 35.5. The van der Waals surface area contributed by atoms with Gasteiger partial charge in [-0.15, -0.1) is 24.8 Å². The fourth-order valence-corrected chi connectivity index (χ4v) is 2.04. The van der Waals surface area contributed by atoms with Crippen molar-refractivity contribution >= 4 is 30.7 Å². The van der Waals surface area contributed by atoms with E-state index in [1.165, 1.54) is 6.20 Å². The third-order valence-corrected chi connectivity index (χ3v) is 3.07. The maximum absolute atomic E-state index is 12.0. The maximum Gasteiger partial charge on any atom is 0.242 e. The van der Waals surface area contributed by atoms with E-state index in [1.807, 2.05) is 0 Å². The van der Waals surface area contributed by atoms with Gasteiger partial charge in [-0.3, -0.25) is 9.78 Å². The van der Waals surface area contributed by atoms with Gasteiger partial charge in [-0.05, 0) is 18.9 Å². The molecule has 19 heavy (non-hydrogen) atoms. The summed E-state index contributed by atoms with van der Waals surface area (Å²) < 4.78 is 0. The van der Waals surface area contributed by atoms with Gasteiger partial charge < -0.3 is 15.7 Å². The van der Waals surface area contributed by atoms with Crippen molar-refractivity contribution in [3.05, 3.63) is 30.1 Å². The second-order valence-electron chi connectivity index (χ2n) is 4.29. The van der Waals surface area contributed by atoms with Crippen LogP contribution in [0.3, 0.4) is 0 Å². The summed E-state index contributed by atoms with van der Waals surface area (Å²) >= 11 is 0. The number of amides is 1. The zero-order valence-electron chi connectivity index (χ0n) is 10.4. The molecule has 1 saturated heterocycles. The second-order valence-corrected chi connectivity index (χ2v) is 4.29. The number of aliphatic hydroxyl groups is 1. The summed E-state index contributed by atoms with van der Waals surface area (Å²) in [6.07, 6.45) is 4.19. The quantitative estimate of drug-likeness (QED) is 0.870. The molecule has 7 heteroatoms. The van der Waals surface area contributed by atoms with Gasteiger partial charge in [-0.2, -0.15) is 0 Å². The van der Waals surface area contributed by atoms with E-state index < -0.39 is 12.1 Å². The Balaban J connectivity index is 0.00000162. The van der Waals surface area contributed by atoms with Crippen molar-refractivity contribution in [2.24, 2.45) is 5.73 Å². The number of hydrogen-bond donors (Lipinski definition) is 2. The summed E-state index contributed by atoms with van der Waals surface area (Å²) in [6, 6.07) is 2.53. The molecule has 0 saturated carbocycles. The molecule has 0 spiro atoms. The lowest BCUT2D eigenvalue weighted by atomic mass is 10.0. The Morgan fingerprint density at radius 3 is 2.53 bits per heavy atom. The lowest BCUT2D eigenvalue weighted by Crippen LogP contribution is -2.45. The SMILES string of the molecule is Cl.Cl.N[C@H](C(=O)N1CCCC1)[C@H](O)c1cccnc1. The van der Waals surface area contributed by atoms with Crippen LogP contribution in [0.15, 0.2) is 24.5 Å². The topological polar surface area (TPSA) is 79.5 Å². The number of halogens is 2. The minimum atomic E-state index is -0.989. The number of carbonyl (C=O) groups is 1. The number of rotatable bonds is 3. The van der Waals surface area contributed by atoms with E-state index in [2.05, 4.69) is 4.98 Å². The number of nitrogens with zero attached hydrogens (tertiary/aromatic N) is 2. The smallest absolute Gasteiger partial charge is 0.242 e. The van der Waals surface area contributed by atoms with E-state index in [-0.39, 0.29) is 30.7 Å². The number of carbonyl (C=O) groups excluding carboxylic acids is 1. The fourth-order valence-electron chi connectivity index (χ4n) is 2.04. The Morgan fingerprint density at radius 1 is 1.37 bits per heavy atom. The maximum atomic E-state index is 12.0. The molecule has 2 atom stereocenters. The summed E-state index contributed by atoms with van der Waals surface area (Å²) in [5.74, 6) is -0.182. The lowest BCUT2D eigenvalue weighted by molar-refractivity contribution is -0.134. The van der Waals surface area contributed by atoms with Gasteiger partial charge in [0.25, 0.3) is 0 Å². The molecule has 5 nitrogen and oxygen atoms in total. The number of hydrogen-bond acceptors (Lipinski definition) is 4. The molecule has 0 unspecified atom stereocenters. The monoisotopic (exact) mass is 307 g/mol. The number of nitrogens with two attached hydrogens (primary N) is 1. The minimum absolute atomic E-state index is 0. The van der Waals surface area contributed by atoms with Crippen molar-refractivity contribution in [1.29, 1.82) is 0 Å². The van der Waals surface area contributed by atoms with E-state index in [0.717, 1.165) is 25.9 Å². The van der Waals surface area contributed by atoms with E-state index in [1.54, 1.807) is 23.2 Å². The molecule has 1 aromatic rings. The molecule has 0 aromatic carbocycles. The Hall–Kier alpha value is -0.880. The first-order valence-corrected chi connectivity index (χ1v) is 5.82. The second kappa shape index (κ2) is 8.32. The average molecular weight is 308 g/mol. The number of pyridine rings is 1. The highest BCUT2D eigenvalue weighted by molar-refractivity contribution is 5.85. The van der Waals surface area contributed by atoms with E-state index in [0.29, 0.717) is 5.56 Å². The van der Waals surface area contributed by atoms with Crippen LogP contribution in [0.5, 0.6) is 0 Å². The number of aromatic nitrogens is 1. The van der Waals surface area contributed by atoms with E-state index in [9.17, 15) is 9.90 Å². The Bertz CT molecular complexity index is 386. The van der Waals surface area contributed by atoms with Gasteiger partial charge in [0.1, 0.15) is 12.1 Å². The molecule has 0 radical (unpaired) electrons. The van der Waals surface area contributed by atoms with Crippen LogP contribution in [0.1, 0.15) is 24.5 Å². The Labute approximate surface area is 125 Å². The predicted octanol–water partition coefficient (Wildman–Crippen LogP) is 0.908. The van der Waals surface area contributed by atoms with Gasteiger partial charge in [-0.1, -0.05) is 6.07 Å². The first-order valence-electron chi connectivity index (χ1n) is 5.82. The largest absolute Gasteiger partial charge is 0.386 e. The van der Waals surface area contributed by atoms with Gasteiger partial charge in [0.15, 0.2) is 0 Å². The van der Waals surface area contributed by atoms with Crippen LogP contribution in [0, 0.1) is 0 Å². The molecule has 0 bridgehead atoms. The first kappa shape index (κ1) is 18.1. The van der Waals surface area contributed by atoms with E-state index >= 15 is 0 Å². The highest BCUT2D eigenvalue weighted by Gasteiger charge is 2.29. The van der Waals surface area contributed by atoms with Crippen LogP contribution < -0.4 is 5.73 Å². The zero-order valence-corrected chi connectivity index (χ0v) is 12.1. The molecule has 1 fully saturated rings. The third kappa shape index (κ3) is 4.31. The molecule has 1 amide bonds. The first-order chi connectivity index (χ1) is 8.20. The van der Waals surface area contributed by atoms with Gasteiger partial charge in [-0.25, -0.2) is 0 Å². The van der Waals surface area contributed by atoms with Crippen LogP contribution in [0.2, 0.25) is 0 Å². The normalized spacial score (nSPS) is 17.1. The summed E-state index contributed by atoms with van der Waals surface area (Å²) in [6.45, 7) is 1.48. The predicted molar refractivity (Wildman–Crippen MR) is 77.5 cm³/mol. The summed E-state index contributed by atoms with van der Waals surface area (Å²) in [5.41, 5.74) is 6.38. The number of likely N-dealkylation sites (tertiary alicyclic amines) is 1. The Morgan fingerprint density at radius 2 is 2.00 bits per heavy atom. The van der Waals surface area contributed by atoms with Crippen LogP contribution in [-0.4, -0.2) is 40.0 Å². The van der Waals surface area contributed by atoms with Crippen LogP contribution in [0.4, 0.5) is 0 Å². The highest BCUT2D eigenvalue weighted by Crippen LogP contribution is 2.17. The van der Waals surface area contributed by atoms with Crippen LogP contribution in [-0.2, 0) is 4.79 Å². The van der Waals surface area contributed by atoms with Gasteiger partial charge in [0.2, 0.25) is 5.91 Å². The zero-order chi connectivity index (χ0) is 12.3. The van der Waals surface area contributed by atoms with Crippen LogP contribution in [0.25, 0.3) is 0 Å². The number of aliphatic hydroxyl groups excluding tert-OH is 1. The van der Waals surface area contributed by atoms with Gasteiger partial charge >= 0.3 is 0 Å². The molecule has 1 aromatic heterocycles. The molecule has 3 N–H and O–H groups in total. The third-order valence-electron chi connectivity index (χ3n) is 3.07. The molecule has 2 rings (SSSR count). The molecule has 2 heterocycles. The van der Waals surface area contributed by atoms with Crippen molar-refractivity contribution in [3.63, 3.8) is 0 Å². The average Bonchev–Trinajstić information content (AvgIpc) is 2.91. The van der Waals surface area contributed by atoms with Crippen LogP contribution >= 0.6 is 24.8 Å². The fraction of sp³-hybridized carbons (Fsp3) is 0.500. The van der Waals surface area contributed by atoms with Crippen molar-refractivity contribution in [2.75, 3.05) is 13.1 Å². The van der Waals surface area contributed by atoms with Crippen molar-refractivity contribution in [3.8, 4) is 0 Å². The molecular formula is C12H19Cl2N3O2. The standard InChI is InChI=1S/C12H17N3O2.2ClH/c13-10(12(17)15-6-1-2-7-15)11(16)9-4-3-5-14-8-9;;/h3-5,8,10-11,16H,1-2,6-7,13H2;2*1H/t10-,11+;;/m0../s1. The summed E-state index contributed by atoms with van der Waals surface area (Å²) in [4.78, 5) is 17.6. The molecular weight excluding hydrogens is 289 g/mol. The van der Waals surface area contributed by atoms with Crippen molar-refractivity contribution in [1.82, 2.24) is 9.88 Å². The molecule has 1 aliphatic heterocycles. The Kier molecular flexibility index (Phi) is 7.94. The summed E-state index contributed by atoms with van der Waals surface area (Å²) in [7, 11) is 0. The molecule has 0 aliphatic carbocycles. The van der Waals surface area contributed by atoms with Gasteiger partial charge in [0, 0.05) is 31.0 Å². The van der Waals surface area contributed by atoms with Crippen molar-refractivity contribution in [2.45, 2.75) is 25.0 Å². The lowest BCUT2D eigenvalue weighted by Gasteiger charge is -2.23. The van der Waals surface area contributed by atoms with E-state index in [4.69, 9.17) is 5.73 Å². The summed E-state index contributed by atoms with van der Waals surface area (Å²) in [5, 5.41) is 10.0. The van der Waals surface area contributed by atoms with Crippen molar-refractivity contribution < 1.29 is 9.90 Å². The molecule has 1 aliphatic rings. The minimum Gasteiger partial charge on any atom is -0.386 e. The molecule has 108 valence electrons.